The Kier molecular flexibility index (Phi) is 3.84. The fourth-order valence-electron chi connectivity index (χ4n) is 1.73. The highest BCUT2D eigenvalue weighted by Gasteiger charge is 2.17. The summed E-state index contributed by atoms with van der Waals surface area (Å²) in [5.74, 6) is -1.48. The van der Waals surface area contributed by atoms with E-state index in [2.05, 4.69) is 31.3 Å². The Balaban J connectivity index is 2.61. The number of hydrogen-bond acceptors (Lipinski definition) is 3. The largest absolute Gasteiger partial charge is 0.368 e. The van der Waals surface area contributed by atoms with E-state index in [4.69, 9.17) is 0 Å². The zero-order chi connectivity index (χ0) is 14.2. The molecule has 0 unspecified atom stereocenters. The lowest BCUT2D eigenvalue weighted by molar-refractivity contribution is 0.561. The van der Waals surface area contributed by atoms with Crippen LogP contribution in [0.3, 0.4) is 0 Å². The van der Waals surface area contributed by atoms with Crippen LogP contribution in [0.25, 0.3) is 5.82 Å². The summed E-state index contributed by atoms with van der Waals surface area (Å²) in [6.07, 6.45) is 0. The van der Waals surface area contributed by atoms with Gasteiger partial charge in [-0.1, -0.05) is 0 Å². The molecule has 0 aromatic carbocycles. The average molecular weight is 331 g/mol. The maximum atomic E-state index is 13.9. The number of halogens is 3. The van der Waals surface area contributed by atoms with Crippen molar-refractivity contribution in [2.45, 2.75) is 20.8 Å². The summed E-state index contributed by atoms with van der Waals surface area (Å²) < 4.78 is 29.5. The molecule has 0 aliphatic carbocycles. The maximum Gasteiger partial charge on any atom is 0.192 e. The van der Waals surface area contributed by atoms with Crippen LogP contribution in [0, 0.1) is 25.5 Å². The number of nitrogens with one attached hydrogen (secondary N) is 1. The molecule has 2 aromatic rings. The van der Waals surface area contributed by atoms with Crippen LogP contribution in [0.15, 0.2) is 10.5 Å². The molecule has 0 saturated carbocycles. The van der Waals surface area contributed by atoms with Crippen molar-refractivity contribution in [3.05, 3.63) is 33.6 Å². The van der Waals surface area contributed by atoms with Crippen LogP contribution in [-0.2, 0) is 0 Å². The molecule has 0 amide bonds. The summed E-state index contributed by atoms with van der Waals surface area (Å²) in [5, 5.41) is 6.94. The second-order valence-corrected chi connectivity index (χ2v) is 4.84. The Morgan fingerprint density at radius 2 is 2.00 bits per heavy atom. The Bertz CT molecular complexity index is 625. The summed E-state index contributed by atoms with van der Waals surface area (Å²) in [4.78, 5) is 3.97. The second kappa shape index (κ2) is 5.24. The standard InChI is InChI=1S/C12H13BrF2N4/c1-4-16-11-8(14)5-9(15)12(17-11)19-7(3)10(13)6(2)18-19/h5H,4H2,1-3H3,(H,16,17). The van der Waals surface area contributed by atoms with Crippen LogP contribution in [0.1, 0.15) is 18.3 Å². The minimum atomic E-state index is -0.753. The Morgan fingerprint density at radius 3 is 2.53 bits per heavy atom. The zero-order valence-electron chi connectivity index (χ0n) is 10.8. The smallest absolute Gasteiger partial charge is 0.192 e. The summed E-state index contributed by atoms with van der Waals surface area (Å²) >= 11 is 3.36. The number of rotatable bonds is 3. The summed E-state index contributed by atoms with van der Waals surface area (Å²) in [5.41, 5.74) is 1.42. The Morgan fingerprint density at radius 1 is 1.32 bits per heavy atom. The first kappa shape index (κ1) is 13.9. The third-order valence-electron chi connectivity index (χ3n) is 2.66. The van der Waals surface area contributed by atoms with E-state index in [1.54, 1.807) is 13.8 Å². The molecular formula is C12H13BrF2N4. The number of aromatic nitrogens is 3. The molecule has 2 rings (SSSR count). The molecule has 0 saturated heterocycles. The van der Waals surface area contributed by atoms with Gasteiger partial charge in [-0.2, -0.15) is 5.10 Å². The van der Waals surface area contributed by atoms with Crippen LogP contribution < -0.4 is 5.32 Å². The van der Waals surface area contributed by atoms with E-state index in [9.17, 15) is 8.78 Å². The summed E-state index contributed by atoms with van der Waals surface area (Å²) in [7, 11) is 0. The molecule has 0 aliphatic heterocycles. The monoisotopic (exact) mass is 330 g/mol. The molecular weight excluding hydrogens is 318 g/mol. The van der Waals surface area contributed by atoms with Gasteiger partial charge in [-0.15, -0.1) is 0 Å². The molecule has 19 heavy (non-hydrogen) atoms. The molecule has 2 aromatic heterocycles. The van der Waals surface area contributed by atoms with Crippen LogP contribution in [-0.4, -0.2) is 21.3 Å². The molecule has 1 N–H and O–H groups in total. The third kappa shape index (κ3) is 2.47. The molecule has 2 heterocycles. The van der Waals surface area contributed by atoms with E-state index in [0.717, 1.165) is 10.5 Å². The van der Waals surface area contributed by atoms with Gasteiger partial charge in [0.25, 0.3) is 0 Å². The molecule has 0 radical (unpaired) electrons. The van der Waals surface area contributed by atoms with Crippen molar-refractivity contribution in [3.8, 4) is 5.82 Å². The third-order valence-corrected chi connectivity index (χ3v) is 3.81. The van der Waals surface area contributed by atoms with Crippen molar-refractivity contribution >= 4 is 21.7 Å². The molecule has 0 spiro atoms. The van der Waals surface area contributed by atoms with Crippen molar-refractivity contribution in [1.29, 1.82) is 0 Å². The highest BCUT2D eigenvalue weighted by Crippen LogP contribution is 2.25. The van der Waals surface area contributed by atoms with E-state index in [1.807, 2.05) is 6.92 Å². The molecule has 0 aliphatic rings. The first-order valence-electron chi connectivity index (χ1n) is 5.77. The number of anilines is 1. The molecule has 4 nitrogen and oxygen atoms in total. The quantitative estimate of drug-likeness (QED) is 0.938. The van der Waals surface area contributed by atoms with Crippen LogP contribution in [0.2, 0.25) is 0 Å². The molecule has 102 valence electrons. The Hall–Kier alpha value is -1.50. The SMILES string of the molecule is CCNc1nc(-n2nc(C)c(Br)c2C)c(F)cc1F. The average Bonchev–Trinajstić information content (AvgIpc) is 2.61. The topological polar surface area (TPSA) is 42.7 Å². The van der Waals surface area contributed by atoms with Crippen LogP contribution in [0.4, 0.5) is 14.6 Å². The van der Waals surface area contributed by atoms with Gasteiger partial charge in [0.2, 0.25) is 0 Å². The van der Waals surface area contributed by atoms with Gasteiger partial charge >= 0.3 is 0 Å². The second-order valence-electron chi connectivity index (χ2n) is 4.05. The number of hydrogen-bond donors (Lipinski definition) is 1. The predicted octanol–water partition coefficient (Wildman–Crippen LogP) is 3.36. The van der Waals surface area contributed by atoms with Crippen molar-refractivity contribution in [2.24, 2.45) is 0 Å². The van der Waals surface area contributed by atoms with Crippen molar-refractivity contribution < 1.29 is 8.78 Å². The lowest BCUT2D eigenvalue weighted by atomic mass is 10.3. The van der Waals surface area contributed by atoms with Gasteiger partial charge < -0.3 is 5.32 Å². The van der Waals surface area contributed by atoms with Gasteiger partial charge in [-0.05, 0) is 36.7 Å². The predicted molar refractivity (Wildman–Crippen MR) is 72.6 cm³/mol. The fraction of sp³-hybridized carbons (Fsp3) is 0.333. The molecule has 0 bridgehead atoms. The Labute approximate surface area is 118 Å². The normalized spacial score (nSPS) is 10.8. The molecule has 7 heteroatoms. The van der Waals surface area contributed by atoms with Gasteiger partial charge in [0, 0.05) is 12.6 Å². The minimum absolute atomic E-state index is 0.0163. The van der Waals surface area contributed by atoms with Gasteiger partial charge in [0.05, 0.1) is 15.9 Å². The van der Waals surface area contributed by atoms with E-state index in [-0.39, 0.29) is 11.6 Å². The molecule has 0 fully saturated rings. The van der Waals surface area contributed by atoms with E-state index in [1.165, 1.54) is 4.68 Å². The fourth-order valence-corrected chi connectivity index (χ4v) is 1.97. The number of nitrogens with zero attached hydrogens (tertiary/aromatic N) is 3. The van der Waals surface area contributed by atoms with Gasteiger partial charge in [0.1, 0.15) is 0 Å². The van der Waals surface area contributed by atoms with Crippen molar-refractivity contribution in [3.63, 3.8) is 0 Å². The maximum absolute atomic E-state index is 13.9. The van der Waals surface area contributed by atoms with Crippen molar-refractivity contribution in [2.75, 3.05) is 11.9 Å². The summed E-state index contributed by atoms with van der Waals surface area (Å²) in [6, 6.07) is 0.810. The first-order chi connectivity index (χ1) is 8.95. The lowest BCUT2D eigenvalue weighted by Gasteiger charge is -2.09. The van der Waals surface area contributed by atoms with Crippen LogP contribution >= 0.6 is 15.9 Å². The number of pyridine rings is 1. The molecule has 0 atom stereocenters. The number of aryl methyl sites for hydroxylation is 1. The van der Waals surface area contributed by atoms with E-state index < -0.39 is 11.6 Å². The van der Waals surface area contributed by atoms with Crippen molar-refractivity contribution in [1.82, 2.24) is 14.8 Å². The van der Waals surface area contributed by atoms with E-state index in [0.29, 0.717) is 17.9 Å². The van der Waals surface area contributed by atoms with Gasteiger partial charge in [0.15, 0.2) is 23.3 Å². The highest BCUT2D eigenvalue weighted by atomic mass is 79.9. The first-order valence-corrected chi connectivity index (χ1v) is 6.57. The summed E-state index contributed by atoms with van der Waals surface area (Å²) in [6.45, 7) is 5.88. The van der Waals surface area contributed by atoms with Gasteiger partial charge in [-0.25, -0.2) is 18.4 Å². The van der Waals surface area contributed by atoms with E-state index >= 15 is 0 Å². The minimum Gasteiger partial charge on any atom is -0.368 e. The van der Waals surface area contributed by atoms with Crippen LogP contribution in [0.5, 0.6) is 0 Å². The highest BCUT2D eigenvalue weighted by molar-refractivity contribution is 9.10. The lowest BCUT2D eigenvalue weighted by Crippen LogP contribution is -2.10. The zero-order valence-corrected chi connectivity index (χ0v) is 12.3. The van der Waals surface area contributed by atoms with Gasteiger partial charge in [-0.3, -0.25) is 0 Å².